The van der Waals surface area contributed by atoms with Crippen molar-refractivity contribution in [3.8, 4) is 0 Å². The smallest absolute Gasteiger partial charge is 0.282 e. The molecule has 88 valence electrons. The molecule has 0 unspecified atom stereocenters. The summed E-state index contributed by atoms with van der Waals surface area (Å²) in [6.07, 6.45) is 0.936. The van der Waals surface area contributed by atoms with Crippen molar-refractivity contribution in [3.63, 3.8) is 0 Å². The van der Waals surface area contributed by atoms with Crippen molar-refractivity contribution in [1.82, 2.24) is 13.9 Å². The van der Waals surface area contributed by atoms with Gasteiger partial charge in [0, 0.05) is 31.7 Å². The van der Waals surface area contributed by atoms with Gasteiger partial charge in [0.15, 0.2) is 0 Å². The monoisotopic (exact) mass is 233 g/mol. The summed E-state index contributed by atoms with van der Waals surface area (Å²) >= 11 is 0. The number of nitrogens with one attached hydrogen (secondary N) is 1. The molecule has 6 heteroatoms. The molecule has 0 saturated carbocycles. The zero-order valence-corrected chi connectivity index (χ0v) is 10.1. The average Bonchev–Trinajstić information content (AvgIpc) is 2.70. The van der Waals surface area contributed by atoms with Crippen LogP contribution < -0.4 is 5.32 Å². The van der Waals surface area contributed by atoms with Crippen LogP contribution in [-0.2, 0) is 10.2 Å². The van der Waals surface area contributed by atoms with E-state index < -0.39 is 10.2 Å². The first-order chi connectivity index (χ1) is 7.03. The van der Waals surface area contributed by atoms with Crippen LogP contribution in [0.4, 0.5) is 0 Å². The molecule has 0 aromatic rings. The first kappa shape index (κ1) is 11.3. The fraction of sp³-hybridized carbons (Fsp3) is 1.00. The van der Waals surface area contributed by atoms with Crippen LogP contribution >= 0.6 is 0 Å². The standard InChI is InChI=1S/C9H19N3O2S/c1-8(2)11-5-6-12(15(11,13)14)9-3-4-10-7-9/h8-10H,3-7H2,1-2H3/t9-/m1/s1. The summed E-state index contributed by atoms with van der Waals surface area (Å²) in [5.41, 5.74) is 0. The maximum Gasteiger partial charge on any atom is 0.282 e. The molecule has 1 atom stereocenters. The van der Waals surface area contributed by atoms with Crippen molar-refractivity contribution in [2.24, 2.45) is 0 Å². The third-order valence-electron chi connectivity index (χ3n) is 3.15. The maximum absolute atomic E-state index is 12.1. The van der Waals surface area contributed by atoms with Gasteiger partial charge in [-0.15, -0.1) is 0 Å². The Morgan fingerprint density at radius 1 is 1.33 bits per heavy atom. The van der Waals surface area contributed by atoms with E-state index in [0.717, 1.165) is 19.5 Å². The Morgan fingerprint density at radius 3 is 2.53 bits per heavy atom. The van der Waals surface area contributed by atoms with E-state index in [2.05, 4.69) is 5.32 Å². The molecular formula is C9H19N3O2S. The molecule has 2 rings (SSSR count). The lowest BCUT2D eigenvalue weighted by atomic mass is 10.2. The van der Waals surface area contributed by atoms with Crippen LogP contribution in [0.2, 0.25) is 0 Å². The summed E-state index contributed by atoms with van der Waals surface area (Å²) in [5.74, 6) is 0. The molecule has 2 saturated heterocycles. The normalized spacial score (nSPS) is 32.9. The summed E-state index contributed by atoms with van der Waals surface area (Å²) in [7, 11) is -3.18. The van der Waals surface area contributed by atoms with E-state index in [9.17, 15) is 8.42 Å². The van der Waals surface area contributed by atoms with Gasteiger partial charge >= 0.3 is 0 Å². The second kappa shape index (κ2) is 4.01. The molecule has 0 bridgehead atoms. The van der Waals surface area contributed by atoms with Crippen LogP contribution in [0.15, 0.2) is 0 Å². The van der Waals surface area contributed by atoms with Gasteiger partial charge in [0.05, 0.1) is 0 Å². The second-order valence-corrected chi connectivity index (χ2v) is 6.30. The summed E-state index contributed by atoms with van der Waals surface area (Å²) in [5, 5.41) is 3.21. The predicted molar refractivity (Wildman–Crippen MR) is 58.7 cm³/mol. The van der Waals surface area contributed by atoms with Crippen molar-refractivity contribution >= 4 is 10.2 Å². The zero-order valence-electron chi connectivity index (χ0n) is 9.31. The van der Waals surface area contributed by atoms with Gasteiger partial charge in [-0.3, -0.25) is 0 Å². The number of hydrogen-bond donors (Lipinski definition) is 1. The highest BCUT2D eigenvalue weighted by Crippen LogP contribution is 2.24. The lowest BCUT2D eigenvalue weighted by Crippen LogP contribution is -2.42. The Balaban J connectivity index is 2.16. The van der Waals surface area contributed by atoms with Gasteiger partial charge in [-0.05, 0) is 26.8 Å². The molecule has 0 aromatic heterocycles. The fourth-order valence-corrected chi connectivity index (χ4v) is 4.33. The first-order valence-corrected chi connectivity index (χ1v) is 6.92. The van der Waals surface area contributed by atoms with Gasteiger partial charge in [-0.2, -0.15) is 17.0 Å². The van der Waals surface area contributed by atoms with Crippen LogP contribution in [0.25, 0.3) is 0 Å². The molecule has 2 aliphatic rings. The Kier molecular flexibility index (Phi) is 3.03. The van der Waals surface area contributed by atoms with E-state index in [0.29, 0.717) is 13.1 Å². The largest absolute Gasteiger partial charge is 0.315 e. The van der Waals surface area contributed by atoms with Crippen molar-refractivity contribution in [1.29, 1.82) is 0 Å². The van der Waals surface area contributed by atoms with E-state index in [4.69, 9.17) is 0 Å². The van der Waals surface area contributed by atoms with Crippen LogP contribution in [0, 0.1) is 0 Å². The van der Waals surface area contributed by atoms with Crippen molar-refractivity contribution in [2.75, 3.05) is 26.2 Å². The Hall–Kier alpha value is -0.170. The highest BCUT2D eigenvalue weighted by molar-refractivity contribution is 7.87. The first-order valence-electron chi connectivity index (χ1n) is 5.53. The van der Waals surface area contributed by atoms with E-state index in [1.807, 2.05) is 13.8 Å². The van der Waals surface area contributed by atoms with E-state index in [1.54, 1.807) is 8.61 Å². The molecule has 5 nitrogen and oxygen atoms in total. The maximum atomic E-state index is 12.1. The molecule has 2 aliphatic heterocycles. The predicted octanol–water partition coefficient (Wildman–Crippen LogP) is -0.381. The van der Waals surface area contributed by atoms with Crippen molar-refractivity contribution < 1.29 is 8.42 Å². The Morgan fingerprint density at radius 2 is 2.07 bits per heavy atom. The lowest BCUT2D eigenvalue weighted by molar-refractivity contribution is 0.365. The number of rotatable bonds is 2. The molecule has 0 aliphatic carbocycles. The van der Waals surface area contributed by atoms with Crippen LogP contribution in [0.5, 0.6) is 0 Å². The Bertz CT molecular complexity index is 322. The van der Waals surface area contributed by atoms with Crippen molar-refractivity contribution in [2.45, 2.75) is 32.4 Å². The van der Waals surface area contributed by atoms with E-state index >= 15 is 0 Å². The fourth-order valence-electron chi connectivity index (χ4n) is 2.34. The van der Waals surface area contributed by atoms with Crippen LogP contribution in [0.1, 0.15) is 20.3 Å². The molecule has 2 fully saturated rings. The van der Waals surface area contributed by atoms with Crippen LogP contribution in [0.3, 0.4) is 0 Å². The third-order valence-corrected chi connectivity index (χ3v) is 5.42. The topological polar surface area (TPSA) is 52.6 Å². The molecule has 2 heterocycles. The lowest BCUT2D eigenvalue weighted by Gasteiger charge is -2.24. The van der Waals surface area contributed by atoms with Gasteiger partial charge in [0.25, 0.3) is 10.2 Å². The Labute approximate surface area is 91.6 Å². The number of hydrogen-bond acceptors (Lipinski definition) is 3. The molecule has 0 spiro atoms. The van der Waals surface area contributed by atoms with Crippen LogP contribution in [-0.4, -0.2) is 55.3 Å². The molecule has 0 radical (unpaired) electrons. The molecule has 15 heavy (non-hydrogen) atoms. The summed E-state index contributed by atoms with van der Waals surface area (Å²) in [4.78, 5) is 0. The van der Waals surface area contributed by atoms with Gasteiger partial charge in [0.1, 0.15) is 0 Å². The highest BCUT2D eigenvalue weighted by atomic mass is 32.2. The minimum absolute atomic E-state index is 0.0642. The minimum Gasteiger partial charge on any atom is -0.315 e. The van der Waals surface area contributed by atoms with Gasteiger partial charge in [0.2, 0.25) is 0 Å². The van der Waals surface area contributed by atoms with Gasteiger partial charge < -0.3 is 5.32 Å². The quantitative estimate of drug-likeness (QED) is 0.707. The number of nitrogens with zero attached hydrogens (tertiary/aromatic N) is 2. The third kappa shape index (κ3) is 1.91. The van der Waals surface area contributed by atoms with Gasteiger partial charge in [-0.25, -0.2) is 0 Å². The summed E-state index contributed by atoms with van der Waals surface area (Å²) in [6, 6.07) is 0.230. The minimum atomic E-state index is -3.18. The summed E-state index contributed by atoms with van der Waals surface area (Å²) in [6.45, 7) is 6.86. The average molecular weight is 233 g/mol. The van der Waals surface area contributed by atoms with Gasteiger partial charge in [-0.1, -0.05) is 0 Å². The second-order valence-electron chi connectivity index (χ2n) is 4.47. The molecule has 0 aromatic carbocycles. The van der Waals surface area contributed by atoms with Crippen molar-refractivity contribution in [3.05, 3.63) is 0 Å². The molecular weight excluding hydrogens is 214 g/mol. The zero-order chi connectivity index (χ0) is 11.1. The summed E-state index contributed by atoms with van der Waals surface area (Å²) < 4.78 is 27.5. The van der Waals surface area contributed by atoms with E-state index in [1.165, 1.54) is 0 Å². The highest BCUT2D eigenvalue weighted by Gasteiger charge is 2.42. The molecule has 0 amide bonds. The van der Waals surface area contributed by atoms with E-state index in [-0.39, 0.29) is 12.1 Å². The SMILES string of the molecule is CC(C)N1CCN([C@@H]2CCNC2)S1(=O)=O. The molecule has 1 N–H and O–H groups in total.